The van der Waals surface area contributed by atoms with Gasteiger partial charge in [0, 0.05) is 13.6 Å². The highest BCUT2D eigenvalue weighted by Gasteiger charge is 2.20. The van der Waals surface area contributed by atoms with Gasteiger partial charge in [0.2, 0.25) is 0 Å². The number of rotatable bonds is 7. The van der Waals surface area contributed by atoms with Gasteiger partial charge in [0.05, 0.1) is 14.7 Å². The zero-order chi connectivity index (χ0) is 13.9. The van der Waals surface area contributed by atoms with Gasteiger partial charge in [0.15, 0.2) is 0 Å². The molecular weight excluding hydrogens is 260 g/mol. The first-order chi connectivity index (χ1) is 8.40. The molecule has 18 heavy (non-hydrogen) atoms. The number of hydrogen-bond acceptors (Lipinski definition) is 4. The fourth-order valence-corrected chi connectivity index (χ4v) is 2.96. The van der Waals surface area contributed by atoms with Crippen LogP contribution >= 0.6 is 24.4 Å². The standard InChI is InChI=1S/C14H24N2S2/c1-6-15(4)8-7-9-16(5)12-11(10(2)3)13(17)14(12)18/h10H,6-9H2,1-5H3. The Bertz CT molecular complexity index is 458. The minimum Gasteiger partial charge on any atom is -0.373 e. The van der Waals surface area contributed by atoms with E-state index < -0.39 is 0 Å². The Morgan fingerprint density at radius 1 is 1.06 bits per heavy atom. The predicted molar refractivity (Wildman–Crippen MR) is 85.6 cm³/mol. The smallest absolute Gasteiger partial charge is 0.0798 e. The van der Waals surface area contributed by atoms with Crippen LogP contribution in [-0.2, 0) is 0 Å². The largest absolute Gasteiger partial charge is 0.373 e. The first-order valence-corrected chi connectivity index (χ1v) is 7.44. The van der Waals surface area contributed by atoms with E-state index in [9.17, 15) is 0 Å². The molecule has 0 aliphatic rings. The third-order valence-electron chi connectivity index (χ3n) is 3.45. The third-order valence-corrected chi connectivity index (χ3v) is 4.40. The van der Waals surface area contributed by atoms with Gasteiger partial charge in [-0.3, -0.25) is 0 Å². The van der Waals surface area contributed by atoms with Gasteiger partial charge >= 0.3 is 0 Å². The summed E-state index contributed by atoms with van der Waals surface area (Å²) in [7, 11) is 4.28. The maximum Gasteiger partial charge on any atom is 0.0798 e. The molecule has 2 nitrogen and oxygen atoms in total. The summed E-state index contributed by atoms with van der Waals surface area (Å²) in [5.74, 6) is 0.472. The first-order valence-electron chi connectivity index (χ1n) is 6.63. The summed E-state index contributed by atoms with van der Waals surface area (Å²) < 4.78 is 1.80. The van der Waals surface area contributed by atoms with Gasteiger partial charge in [-0.25, -0.2) is 0 Å². The first kappa shape index (κ1) is 15.7. The van der Waals surface area contributed by atoms with Crippen LogP contribution < -0.4 is 4.90 Å². The lowest BCUT2D eigenvalue weighted by molar-refractivity contribution is 0.348. The van der Waals surface area contributed by atoms with Crippen LogP contribution in [0.5, 0.6) is 0 Å². The molecule has 0 heterocycles. The van der Waals surface area contributed by atoms with Gasteiger partial charge in [0.1, 0.15) is 0 Å². The molecule has 1 aromatic rings. The third kappa shape index (κ3) is 3.37. The van der Waals surface area contributed by atoms with Crippen molar-refractivity contribution < 1.29 is 0 Å². The van der Waals surface area contributed by atoms with E-state index in [1.54, 1.807) is 0 Å². The summed E-state index contributed by atoms with van der Waals surface area (Å²) in [4.78, 5) is 4.60. The molecule has 0 aliphatic heterocycles. The molecule has 0 N–H and O–H groups in total. The molecule has 0 radical (unpaired) electrons. The van der Waals surface area contributed by atoms with Gasteiger partial charge in [-0.1, -0.05) is 45.2 Å². The second-order valence-electron chi connectivity index (χ2n) is 5.25. The summed E-state index contributed by atoms with van der Waals surface area (Å²) in [6.07, 6.45) is 1.16. The second-order valence-corrected chi connectivity index (χ2v) is 6.06. The van der Waals surface area contributed by atoms with Crippen LogP contribution in [0.1, 0.15) is 38.7 Å². The van der Waals surface area contributed by atoms with Crippen molar-refractivity contribution in [3.05, 3.63) is 14.6 Å². The van der Waals surface area contributed by atoms with Crippen molar-refractivity contribution >= 4 is 30.1 Å². The van der Waals surface area contributed by atoms with Gasteiger partial charge in [-0.2, -0.15) is 0 Å². The van der Waals surface area contributed by atoms with E-state index in [1.807, 2.05) is 0 Å². The molecule has 0 unspecified atom stereocenters. The van der Waals surface area contributed by atoms with E-state index in [-0.39, 0.29) is 0 Å². The van der Waals surface area contributed by atoms with Crippen LogP contribution in [0.2, 0.25) is 0 Å². The molecule has 0 spiro atoms. The highest BCUT2D eigenvalue weighted by atomic mass is 32.1. The average Bonchev–Trinajstić information content (AvgIpc) is 2.33. The summed E-state index contributed by atoms with van der Waals surface area (Å²) >= 11 is 10.7. The van der Waals surface area contributed by atoms with Crippen molar-refractivity contribution in [3.8, 4) is 0 Å². The maximum atomic E-state index is 5.37. The topological polar surface area (TPSA) is 6.48 Å². The van der Waals surface area contributed by atoms with Crippen molar-refractivity contribution in [1.82, 2.24) is 4.90 Å². The van der Waals surface area contributed by atoms with Crippen LogP contribution in [0.15, 0.2) is 0 Å². The fraction of sp³-hybridized carbons (Fsp3) is 0.714. The summed E-state index contributed by atoms with van der Waals surface area (Å²) in [6, 6.07) is 0. The number of anilines is 1. The average molecular weight is 284 g/mol. The zero-order valence-corrected chi connectivity index (χ0v) is 13.7. The monoisotopic (exact) mass is 284 g/mol. The highest BCUT2D eigenvalue weighted by molar-refractivity contribution is 7.74. The quantitative estimate of drug-likeness (QED) is 0.700. The summed E-state index contributed by atoms with van der Waals surface area (Å²) in [5.41, 5.74) is 2.49. The van der Waals surface area contributed by atoms with Crippen molar-refractivity contribution in [2.75, 3.05) is 38.6 Å². The number of hydrogen-bond donors (Lipinski definition) is 0. The molecular formula is C14H24N2S2. The molecule has 0 amide bonds. The molecule has 102 valence electrons. The Morgan fingerprint density at radius 3 is 2.17 bits per heavy atom. The van der Waals surface area contributed by atoms with Gasteiger partial charge in [-0.15, -0.1) is 0 Å². The van der Waals surface area contributed by atoms with Crippen LogP contribution in [0.4, 0.5) is 5.69 Å². The van der Waals surface area contributed by atoms with E-state index in [0.29, 0.717) is 5.92 Å². The molecule has 0 saturated carbocycles. The van der Waals surface area contributed by atoms with Gasteiger partial charge in [0.25, 0.3) is 0 Å². The Kier molecular flexibility index (Phi) is 5.89. The minimum absolute atomic E-state index is 0.472. The Morgan fingerprint density at radius 2 is 1.67 bits per heavy atom. The lowest BCUT2D eigenvalue weighted by Crippen LogP contribution is -2.27. The van der Waals surface area contributed by atoms with Gasteiger partial charge < -0.3 is 9.80 Å². The molecule has 0 fully saturated rings. The van der Waals surface area contributed by atoms with Crippen LogP contribution in [0.25, 0.3) is 0 Å². The van der Waals surface area contributed by atoms with E-state index in [4.69, 9.17) is 24.4 Å². The number of nitrogens with zero attached hydrogens (tertiary/aromatic N) is 2. The Balaban J connectivity index is 2.63. The van der Waals surface area contributed by atoms with E-state index in [0.717, 1.165) is 35.1 Å². The van der Waals surface area contributed by atoms with Crippen LogP contribution in [0.3, 0.4) is 0 Å². The normalized spacial score (nSPS) is 11.7. The summed E-state index contributed by atoms with van der Waals surface area (Å²) in [5, 5.41) is 0. The predicted octanol–water partition coefficient (Wildman–Crippen LogP) is 3.92. The molecule has 0 saturated heterocycles. The highest BCUT2D eigenvalue weighted by Crippen LogP contribution is 2.35. The van der Waals surface area contributed by atoms with Crippen molar-refractivity contribution in [2.45, 2.75) is 33.1 Å². The Labute approximate surface area is 121 Å². The molecule has 0 bridgehead atoms. The van der Waals surface area contributed by atoms with E-state index >= 15 is 0 Å². The molecule has 0 aromatic heterocycles. The molecule has 1 aromatic carbocycles. The minimum atomic E-state index is 0.472. The van der Waals surface area contributed by atoms with E-state index in [1.165, 1.54) is 11.3 Å². The lowest BCUT2D eigenvalue weighted by Gasteiger charge is -2.28. The summed E-state index contributed by atoms with van der Waals surface area (Å²) in [6.45, 7) is 9.82. The van der Waals surface area contributed by atoms with Crippen LogP contribution in [0, 0.1) is 9.02 Å². The fourth-order valence-electron chi connectivity index (χ4n) is 2.16. The molecule has 4 heteroatoms. The van der Waals surface area contributed by atoms with Crippen molar-refractivity contribution in [2.24, 2.45) is 0 Å². The SMILES string of the molecule is CCN(C)CCCN(C)c1c(C(C)C)c(=S)c1=S. The van der Waals surface area contributed by atoms with Crippen LogP contribution in [-0.4, -0.2) is 38.6 Å². The maximum absolute atomic E-state index is 5.37. The second kappa shape index (κ2) is 6.73. The van der Waals surface area contributed by atoms with Crippen molar-refractivity contribution in [3.63, 3.8) is 0 Å². The Hall–Kier alpha value is -0.320. The zero-order valence-electron chi connectivity index (χ0n) is 12.1. The molecule has 0 aliphatic carbocycles. The van der Waals surface area contributed by atoms with Gasteiger partial charge in [-0.05, 0) is 38.0 Å². The van der Waals surface area contributed by atoms with Crippen molar-refractivity contribution in [1.29, 1.82) is 0 Å². The molecule has 1 rings (SSSR count). The lowest BCUT2D eigenvalue weighted by atomic mass is 9.96. The van der Waals surface area contributed by atoms with E-state index in [2.05, 4.69) is 44.7 Å². The molecule has 0 atom stereocenters.